The average molecular weight is 273 g/mol. The van der Waals surface area contributed by atoms with Crippen LogP contribution in [-0.4, -0.2) is 24.3 Å². The number of aryl methyl sites for hydroxylation is 1. The highest BCUT2D eigenvalue weighted by molar-refractivity contribution is 6.32. The molecular weight excluding hydrogens is 256 g/mol. The Morgan fingerprint density at radius 3 is 2.72 bits per heavy atom. The van der Waals surface area contributed by atoms with Crippen LogP contribution in [-0.2, 0) is 9.53 Å². The highest BCUT2D eigenvalue weighted by Gasteiger charge is 2.14. The van der Waals surface area contributed by atoms with Crippen molar-refractivity contribution in [2.75, 3.05) is 13.2 Å². The van der Waals surface area contributed by atoms with Crippen LogP contribution in [0, 0.1) is 6.92 Å². The zero-order valence-electron chi connectivity index (χ0n) is 10.7. The Morgan fingerprint density at radius 2 is 2.17 bits per heavy atom. The van der Waals surface area contributed by atoms with Gasteiger partial charge in [-0.1, -0.05) is 11.6 Å². The number of carbonyl (C=O) groups is 1. The minimum Gasteiger partial charge on any atom is -0.492 e. The molecule has 0 aromatic heterocycles. The van der Waals surface area contributed by atoms with Crippen molar-refractivity contribution in [3.05, 3.63) is 28.3 Å². The zero-order chi connectivity index (χ0) is 13.7. The molecule has 0 saturated heterocycles. The summed E-state index contributed by atoms with van der Waals surface area (Å²) in [5.74, 6) is -0.359. The Balaban J connectivity index is 2.89. The number of hydrogen-bond acceptors (Lipinski definition) is 3. The first-order valence-corrected chi connectivity index (χ1v) is 6.09. The van der Waals surface area contributed by atoms with Gasteiger partial charge in [0.15, 0.2) is 0 Å². The second-order valence-electron chi connectivity index (χ2n) is 3.92. The summed E-state index contributed by atoms with van der Waals surface area (Å²) in [6.45, 7) is 5.81. The maximum absolute atomic E-state index is 10.5. The first-order chi connectivity index (χ1) is 8.45. The highest BCUT2D eigenvalue weighted by Crippen LogP contribution is 2.32. The van der Waals surface area contributed by atoms with Crippen LogP contribution < -0.4 is 4.74 Å². The molecule has 0 heterocycles. The predicted molar refractivity (Wildman–Crippen MR) is 69.4 cm³/mol. The monoisotopic (exact) mass is 272 g/mol. The number of carboxylic acid groups (broad SMARTS) is 1. The van der Waals surface area contributed by atoms with Gasteiger partial charge in [0.2, 0.25) is 0 Å². The molecule has 1 N–H and O–H groups in total. The topological polar surface area (TPSA) is 55.8 Å². The van der Waals surface area contributed by atoms with Crippen molar-refractivity contribution in [3.63, 3.8) is 0 Å². The normalized spacial score (nSPS) is 12.2. The molecule has 0 fully saturated rings. The van der Waals surface area contributed by atoms with Gasteiger partial charge in [-0.3, -0.25) is 0 Å². The second kappa shape index (κ2) is 6.61. The quantitative estimate of drug-likeness (QED) is 0.864. The molecule has 0 aliphatic carbocycles. The molecule has 4 nitrogen and oxygen atoms in total. The van der Waals surface area contributed by atoms with Crippen molar-refractivity contribution in [1.29, 1.82) is 0 Å². The van der Waals surface area contributed by atoms with Crippen LogP contribution in [0.15, 0.2) is 12.1 Å². The fraction of sp³-hybridized carbons (Fsp3) is 0.462. The van der Waals surface area contributed by atoms with E-state index in [0.29, 0.717) is 17.4 Å². The maximum Gasteiger partial charge on any atom is 0.329 e. The highest BCUT2D eigenvalue weighted by atomic mass is 35.5. The van der Waals surface area contributed by atoms with Gasteiger partial charge in [-0.2, -0.15) is 0 Å². The standard InChI is InChI=1S/C13H17ClO4/c1-4-17-12-5-8(2)10(6-11(12)14)9(3)18-7-13(15)16/h5-6,9H,4,7H2,1-3H3,(H,15,16). The summed E-state index contributed by atoms with van der Waals surface area (Å²) in [5, 5.41) is 9.08. The lowest BCUT2D eigenvalue weighted by molar-refractivity contribution is -0.144. The zero-order valence-corrected chi connectivity index (χ0v) is 11.5. The number of halogens is 1. The van der Waals surface area contributed by atoms with Crippen LogP contribution >= 0.6 is 11.6 Å². The third kappa shape index (κ3) is 3.89. The van der Waals surface area contributed by atoms with Crippen LogP contribution in [0.1, 0.15) is 31.1 Å². The summed E-state index contributed by atoms with van der Waals surface area (Å²) < 4.78 is 10.6. The van der Waals surface area contributed by atoms with Gasteiger partial charge >= 0.3 is 5.97 Å². The Bertz CT molecular complexity index is 431. The minimum atomic E-state index is -0.989. The Morgan fingerprint density at radius 1 is 1.50 bits per heavy atom. The van der Waals surface area contributed by atoms with Crippen molar-refractivity contribution in [3.8, 4) is 5.75 Å². The fourth-order valence-electron chi connectivity index (χ4n) is 1.66. The van der Waals surface area contributed by atoms with Crippen LogP contribution in [0.25, 0.3) is 0 Å². The minimum absolute atomic E-state index is 0.325. The van der Waals surface area contributed by atoms with Gasteiger partial charge in [0.25, 0.3) is 0 Å². The number of rotatable bonds is 6. The van der Waals surface area contributed by atoms with Crippen LogP contribution in [0.5, 0.6) is 5.75 Å². The largest absolute Gasteiger partial charge is 0.492 e. The third-order valence-corrected chi connectivity index (χ3v) is 2.81. The molecule has 0 spiro atoms. The first-order valence-electron chi connectivity index (χ1n) is 5.72. The van der Waals surface area contributed by atoms with Crippen molar-refractivity contribution in [1.82, 2.24) is 0 Å². The van der Waals surface area contributed by atoms with E-state index in [9.17, 15) is 4.79 Å². The van der Waals surface area contributed by atoms with Gasteiger partial charge in [0, 0.05) is 0 Å². The summed E-state index contributed by atoms with van der Waals surface area (Å²) >= 11 is 6.09. The molecule has 1 aromatic rings. The van der Waals surface area contributed by atoms with E-state index >= 15 is 0 Å². The lowest BCUT2D eigenvalue weighted by atomic mass is 10.0. The van der Waals surface area contributed by atoms with Crippen molar-refractivity contribution >= 4 is 17.6 Å². The van der Waals surface area contributed by atoms with E-state index in [1.807, 2.05) is 19.9 Å². The Hall–Kier alpha value is -1.26. The molecule has 1 unspecified atom stereocenters. The molecule has 100 valence electrons. The molecule has 0 bridgehead atoms. The van der Waals surface area contributed by atoms with Crippen LogP contribution in [0.4, 0.5) is 0 Å². The molecule has 1 atom stereocenters. The molecule has 5 heteroatoms. The van der Waals surface area contributed by atoms with E-state index in [0.717, 1.165) is 11.1 Å². The van der Waals surface area contributed by atoms with Gasteiger partial charge in [0.1, 0.15) is 12.4 Å². The molecular formula is C13H17ClO4. The first kappa shape index (κ1) is 14.8. The third-order valence-electron chi connectivity index (χ3n) is 2.52. The molecule has 18 heavy (non-hydrogen) atoms. The summed E-state index contributed by atoms with van der Waals surface area (Å²) in [5.41, 5.74) is 1.82. The Labute approximate surface area is 111 Å². The molecule has 1 rings (SSSR count). The average Bonchev–Trinajstić information content (AvgIpc) is 2.30. The molecule has 0 aliphatic heterocycles. The van der Waals surface area contributed by atoms with Gasteiger partial charge in [0.05, 0.1) is 17.7 Å². The predicted octanol–water partition coefficient (Wildman–Crippen LogP) is 3.21. The van der Waals surface area contributed by atoms with E-state index in [2.05, 4.69) is 0 Å². The van der Waals surface area contributed by atoms with Gasteiger partial charge < -0.3 is 14.6 Å². The second-order valence-corrected chi connectivity index (χ2v) is 4.33. The summed E-state index contributed by atoms with van der Waals surface area (Å²) in [4.78, 5) is 10.5. The summed E-state index contributed by atoms with van der Waals surface area (Å²) in [7, 11) is 0. The molecule has 0 amide bonds. The van der Waals surface area contributed by atoms with Gasteiger partial charge in [-0.05, 0) is 44.0 Å². The molecule has 1 aromatic carbocycles. The maximum atomic E-state index is 10.5. The van der Waals surface area contributed by atoms with Crippen molar-refractivity contribution in [2.24, 2.45) is 0 Å². The number of carboxylic acids is 1. The van der Waals surface area contributed by atoms with Crippen molar-refractivity contribution in [2.45, 2.75) is 26.9 Å². The van der Waals surface area contributed by atoms with E-state index in [1.54, 1.807) is 13.0 Å². The van der Waals surface area contributed by atoms with E-state index < -0.39 is 5.97 Å². The summed E-state index contributed by atoms with van der Waals surface area (Å²) in [6, 6.07) is 3.59. The van der Waals surface area contributed by atoms with E-state index in [1.165, 1.54) is 0 Å². The van der Waals surface area contributed by atoms with E-state index in [-0.39, 0.29) is 12.7 Å². The lowest BCUT2D eigenvalue weighted by Gasteiger charge is -2.17. The lowest BCUT2D eigenvalue weighted by Crippen LogP contribution is -2.11. The van der Waals surface area contributed by atoms with Crippen LogP contribution in [0.2, 0.25) is 5.02 Å². The number of ether oxygens (including phenoxy) is 2. The van der Waals surface area contributed by atoms with Gasteiger partial charge in [-0.25, -0.2) is 4.79 Å². The SMILES string of the molecule is CCOc1cc(C)c(C(C)OCC(=O)O)cc1Cl. The van der Waals surface area contributed by atoms with Crippen molar-refractivity contribution < 1.29 is 19.4 Å². The van der Waals surface area contributed by atoms with E-state index in [4.69, 9.17) is 26.2 Å². The number of hydrogen-bond donors (Lipinski definition) is 1. The molecule has 0 saturated carbocycles. The summed E-state index contributed by atoms with van der Waals surface area (Å²) in [6.07, 6.45) is -0.325. The fourth-order valence-corrected chi connectivity index (χ4v) is 1.89. The van der Waals surface area contributed by atoms with Gasteiger partial charge in [-0.15, -0.1) is 0 Å². The smallest absolute Gasteiger partial charge is 0.329 e. The molecule has 0 aliphatic rings. The van der Waals surface area contributed by atoms with Crippen LogP contribution in [0.3, 0.4) is 0 Å². The number of benzene rings is 1. The molecule has 0 radical (unpaired) electrons. The Kier molecular flexibility index (Phi) is 5.44. The number of aliphatic carboxylic acids is 1.